The minimum Gasteiger partial charge on any atom is -0.394 e. The summed E-state index contributed by atoms with van der Waals surface area (Å²) in [6.07, 6.45) is 1.56. The number of aliphatic hydroxyl groups excluding tert-OH is 1. The van der Waals surface area contributed by atoms with Gasteiger partial charge in [-0.25, -0.2) is 9.97 Å². The fourth-order valence-electron chi connectivity index (χ4n) is 2.10. The molecule has 0 bridgehead atoms. The van der Waals surface area contributed by atoms with Crippen LogP contribution in [0.2, 0.25) is 0 Å². The molecule has 0 amide bonds. The second-order valence-electron chi connectivity index (χ2n) is 4.65. The minimum absolute atomic E-state index is 0.0761. The summed E-state index contributed by atoms with van der Waals surface area (Å²) in [5.41, 5.74) is 1.53. The Bertz CT molecular complexity index is 369. The highest BCUT2D eigenvalue weighted by atomic mass is 16.5. The highest BCUT2D eigenvalue weighted by Gasteiger charge is 2.32. The van der Waals surface area contributed by atoms with Crippen LogP contribution < -0.4 is 5.32 Å². The molecule has 17 heavy (non-hydrogen) atoms. The molecular weight excluding hydrogens is 218 g/mol. The molecule has 1 aromatic heterocycles. The monoisotopic (exact) mass is 237 g/mol. The Labute approximate surface area is 101 Å². The number of nitrogens with zero attached hydrogens (tertiary/aromatic N) is 2. The first-order valence-corrected chi connectivity index (χ1v) is 5.93. The molecule has 1 saturated heterocycles. The first kappa shape index (κ1) is 12.3. The summed E-state index contributed by atoms with van der Waals surface area (Å²) in [6.45, 7) is 5.29. The van der Waals surface area contributed by atoms with Gasteiger partial charge in [0, 0.05) is 24.6 Å². The maximum atomic E-state index is 9.57. The lowest BCUT2D eigenvalue weighted by molar-refractivity contribution is 0.0377. The number of aryl methyl sites for hydroxylation is 2. The molecule has 0 aliphatic carbocycles. The quantitative estimate of drug-likeness (QED) is 0.822. The highest BCUT2D eigenvalue weighted by molar-refractivity contribution is 5.32. The number of ether oxygens (including phenoxy) is 1. The van der Waals surface area contributed by atoms with Gasteiger partial charge in [0.2, 0.25) is 5.95 Å². The molecule has 0 atom stereocenters. The molecule has 1 aliphatic rings. The third-order valence-electron chi connectivity index (χ3n) is 3.11. The molecule has 2 N–H and O–H groups in total. The third kappa shape index (κ3) is 2.92. The average Bonchev–Trinajstić information content (AvgIpc) is 2.29. The first-order valence-electron chi connectivity index (χ1n) is 5.93. The van der Waals surface area contributed by atoms with E-state index in [2.05, 4.69) is 15.3 Å². The molecule has 1 aliphatic heterocycles. The van der Waals surface area contributed by atoms with Gasteiger partial charge in [0.1, 0.15) is 0 Å². The van der Waals surface area contributed by atoms with Gasteiger partial charge >= 0.3 is 0 Å². The van der Waals surface area contributed by atoms with E-state index in [9.17, 15) is 5.11 Å². The summed E-state index contributed by atoms with van der Waals surface area (Å²) in [6, 6.07) is 1.93. The van der Waals surface area contributed by atoms with Crippen molar-refractivity contribution in [3.8, 4) is 0 Å². The standard InChI is InChI=1S/C12H19N3O2/c1-9-7-10(2)14-11(13-9)15-12(8-16)3-5-17-6-4-12/h7,16H,3-6,8H2,1-2H3,(H,13,14,15). The summed E-state index contributed by atoms with van der Waals surface area (Å²) in [4.78, 5) is 8.69. The van der Waals surface area contributed by atoms with Gasteiger partial charge in [-0.1, -0.05) is 0 Å². The van der Waals surface area contributed by atoms with Gasteiger partial charge in [0.05, 0.1) is 12.1 Å². The van der Waals surface area contributed by atoms with Gasteiger partial charge in [0.25, 0.3) is 0 Å². The molecule has 0 spiro atoms. The number of aliphatic hydroxyl groups is 1. The van der Waals surface area contributed by atoms with Crippen molar-refractivity contribution in [2.45, 2.75) is 32.2 Å². The molecule has 2 rings (SSSR count). The van der Waals surface area contributed by atoms with Gasteiger partial charge in [-0.15, -0.1) is 0 Å². The van der Waals surface area contributed by atoms with Gasteiger partial charge in [-0.2, -0.15) is 0 Å². The van der Waals surface area contributed by atoms with E-state index >= 15 is 0 Å². The molecule has 0 aromatic carbocycles. The SMILES string of the molecule is Cc1cc(C)nc(NC2(CO)CCOCC2)n1. The number of rotatable bonds is 3. The Morgan fingerprint density at radius 1 is 1.29 bits per heavy atom. The van der Waals surface area contributed by atoms with Crippen LogP contribution in [0.25, 0.3) is 0 Å². The summed E-state index contributed by atoms with van der Waals surface area (Å²) in [5, 5.41) is 12.8. The topological polar surface area (TPSA) is 67.3 Å². The Hall–Kier alpha value is -1.20. The highest BCUT2D eigenvalue weighted by Crippen LogP contribution is 2.24. The van der Waals surface area contributed by atoms with Crippen molar-refractivity contribution in [2.75, 3.05) is 25.1 Å². The molecule has 1 fully saturated rings. The number of aromatic nitrogens is 2. The Kier molecular flexibility index (Phi) is 3.59. The normalized spacial score (nSPS) is 19.0. The Morgan fingerprint density at radius 2 is 1.88 bits per heavy atom. The van der Waals surface area contributed by atoms with Crippen LogP contribution >= 0.6 is 0 Å². The van der Waals surface area contributed by atoms with Crippen molar-refractivity contribution in [3.05, 3.63) is 17.5 Å². The molecule has 0 radical (unpaired) electrons. The van der Waals surface area contributed by atoms with E-state index in [1.54, 1.807) is 0 Å². The van der Waals surface area contributed by atoms with Crippen LogP contribution in [0.5, 0.6) is 0 Å². The first-order chi connectivity index (χ1) is 8.13. The largest absolute Gasteiger partial charge is 0.394 e. The van der Waals surface area contributed by atoms with Crippen molar-refractivity contribution in [3.63, 3.8) is 0 Å². The zero-order valence-corrected chi connectivity index (χ0v) is 10.4. The summed E-state index contributed by atoms with van der Waals surface area (Å²) in [7, 11) is 0. The summed E-state index contributed by atoms with van der Waals surface area (Å²) in [5.74, 6) is 0.596. The lowest BCUT2D eigenvalue weighted by Gasteiger charge is -2.36. The fraction of sp³-hybridized carbons (Fsp3) is 0.667. The lowest BCUT2D eigenvalue weighted by atomic mass is 9.91. The maximum absolute atomic E-state index is 9.57. The van der Waals surface area contributed by atoms with Crippen molar-refractivity contribution < 1.29 is 9.84 Å². The zero-order chi connectivity index (χ0) is 12.3. The van der Waals surface area contributed by atoms with E-state index in [-0.39, 0.29) is 12.1 Å². The van der Waals surface area contributed by atoms with Gasteiger partial charge in [0.15, 0.2) is 0 Å². The predicted octanol–water partition coefficient (Wildman–Crippen LogP) is 1.05. The van der Waals surface area contributed by atoms with Crippen LogP contribution in [0, 0.1) is 13.8 Å². The molecular formula is C12H19N3O2. The molecule has 94 valence electrons. The predicted molar refractivity (Wildman–Crippen MR) is 65.0 cm³/mol. The second-order valence-corrected chi connectivity index (χ2v) is 4.65. The Morgan fingerprint density at radius 3 is 2.41 bits per heavy atom. The van der Waals surface area contributed by atoms with E-state index in [1.165, 1.54) is 0 Å². The third-order valence-corrected chi connectivity index (χ3v) is 3.11. The van der Waals surface area contributed by atoms with Crippen LogP contribution in [-0.4, -0.2) is 40.4 Å². The summed E-state index contributed by atoms with van der Waals surface area (Å²) < 4.78 is 5.32. The van der Waals surface area contributed by atoms with Crippen LogP contribution in [0.15, 0.2) is 6.07 Å². The van der Waals surface area contributed by atoms with Gasteiger partial charge in [-0.3, -0.25) is 0 Å². The Balaban J connectivity index is 2.17. The fourth-order valence-corrected chi connectivity index (χ4v) is 2.10. The van der Waals surface area contributed by atoms with Crippen molar-refractivity contribution in [1.82, 2.24) is 9.97 Å². The second kappa shape index (κ2) is 4.98. The smallest absolute Gasteiger partial charge is 0.223 e. The molecule has 0 saturated carbocycles. The van der Waals surface area contributed by atoms with E-state index in [0.29, 0.717) is 19.2 Å². The molecule has 1 aromatic rings. The van der Waals surface area contributed by atoms with Crippen LogP contribution in [0.1, 0.15) is 24.2 Å². The van der Waals surface area contributed by atoms with Crippen LogP contribution in [-0.2, 0) is 4.74 Å². The number of anilines is 1. The van der Waals surface area contributed by atoms with E-state index in [0.717, 1.165) is 24.2 Å². The van der Waals surface area contributed by atoms with Crippen molar-refractivity contribution in [1.29, 1.82) is 0 Å². The number of hydrogen-bond donors (Lipinski definition) is 2. The molecule has 5 heteroatoms. The van der Waals surface area contributed by atoms with Gasteiger partial charge < -0.3 is 15.2 Å². The lowest BCUT2D eigenvalue weighted by Crippen LogP contribution is -2.47. The molecule has 5 nitrogen and oxygen atoms in total. The van der Waals surface area contributed by atoms with Crippen molar-refractivity contribution >= 4 is 5.95 Å². The van der Waals surface area contributed by atoms with E-state index < -0.39 is 0 Å². The summed E-state index contributed by atoms with van der Waals surface area (Å²) >= 11 is 0. The average molecular weight is 237 g/mol. The van der Waals surface area contributed by atoms with Gasteiger partial charge in [-0.05, 0) is 32.8 Å². The molecule has 0 unspecified atom stereocenters. The molecule has 2 heterocycles. The minimum atomic E-state index is -0.335. The zero-order valence-electron chi connectivity index (χ0n) is 10.4. The number of hydrogen-bond acceptors (Lipinski definition) is 5. The van der Waals surface area contributed by atoms with Crippen molar-refractivity contribution in [2.24, 2.45) is 0 Å². The number of nitrogens with one attached hydrogen (secondary N) is 1. The van der Waals surface area contributed by atoms with E-state index in [1.807, 2.05) is 19.9 Å². The van der Waals surface area contributed by atoms with Crippen LogP contribution in [0.4, 0.5) is 5.95 Å². The maximum Gasteiger partial charge on any atom is 0.223 e. The van der Waals surface area contributed by atoms with Crippen LogP contribution in [0.3, 0.4) is 0 Å². The van der Waals surface area contributed by atoms with E-state index in [4.69, 9.17) is 4.74 Å².